The van der Waals surface area contributed by atoms with Crippen LogP contribution in [0.3, 0.4) is 0 Å². The smallest absolute Gasteiger partial charge is 0.170 e. The molecule has 0 spiro atoms. The van der Waals surface area contributed by atoms with Crippen LogP contribution in [0.1, 0.15) is 23.7 Å². The normalized spacial score (nSPS) is 9.57. The van der Waals surface area contributed by atoms with Crippen LogP contribution in [0.4, 0.5) is 0 Å². The van der Waals surface area contributed by atoms with E-state index in [1.54, 1.807) is 12.3 Å². The van der Waals surface area contributed by atoms with Gasteiger partial charge in [0.1, 0.15) is 5.75 Å². The number of allylic oxidation sites excluding steroid dienone is 1. The number of carbonyl (C=O) groups excluding carboxylic acids is 1. The third-order valence-electron chi connectivity index (χ3n) is 1.77. The van der Waals surface area contributed by atoms with Crippen molar-refractivity contribution in [2.24, 2.45) is 0 Å². The number of pyridine rings is 1. The summed E-state index contributed by atoms with van der Waals surface area (Å²) < 4.78 is 5.04. The SMILES string of the molecule is C=C(C)CC(=O)c1ccncc1OC. The maximum absolute atomic E-state index is 11.7. The standard InChI is InChI=1S/C11H13NO2/c1-8(2)6-10(13)9-4-5-12-7-11(9)14-3/h4-5,7H,1,6H2,2-3H3. The van der Waals surface area contributed by atoms with E-state index in [0.29, 0.717) is 17.7 Å². The number of rotatable bonds is 4. The van der Waals surface area contributed by atoms with Crippen molar-refractivity contribution in [3.05, 3.63) is 36.2 Å². The fourth-order valence-electron chi connectivity index (χ4n) is 1.14. The van der Waals surface area contributed by atoms with Gasteiger partial charge in [-0.25, -0.2) is 0 Å². The van der Waals surface area contributed by atoms with Gasteiger partial charge in [0, 0.05) is 12.6 Å². The predicted molar refractivity (Wildman–Crippen MR) is 54.6 cm³/mol. The molecule has 1 aromatic rings. The van der Waals surface area contributed by atoms with E-state index in [2.05, 4.69) is 11.6 Å². The Labute approximate surface area is 83.4 Å². The number of hydrogen-bond acceptors (Lipinski definition) is 3. The highest BCUT2D eigenvalue weighted by Gasteiger charge is 2.11. The Morgan fingerprint density at radius 2 is 2.36 bits per heavy atom. The van der Waals surface area contributed by atoms with E-state index < -0.39 is 0 Å². The summed E-state index contributed by atoms with van der Waals surface area (Å²) in [6, 6.07) is 1.66. The van der Waals surface area contributed by atoms with Gasteiger partial charge in [-0.15, -0.1) is 0 Å². The second kappa shape index (κ2) is 4.56. The Kier molecular flexibility index (Phi) is 3.40. The molecule has 0 fully saturated rings. The topological polar surface area (TPSA) is 39.2 Å². The average Bonchev–Trinajstić information content (AvgIpc) is 2.16. The first-order valence-electron chi connectivity index (χ1n) is 4.30. The third-order valence-corrected chi connectivity index (χ3v) is 1.77. The molecule has 1 heterocycles. The molecule has 3 nitrogen and oxygen atoms in total. The van der Waals surface area contributed by atoms with Crippen LogP contribution in [-0.2, 0) is 0 Å². The van der Waals surface area contributed by atoms with E-state index in [1.165, 1.54) is 13.3 Å². The number of hydrogen-bond donors (Lipinski definition) is 0. The molecule has 0 N–H and O–H groups in total. The Morgan fingerprint density at radius 1 is 1.64 bits per heavy atom. The summed E-state index contributed by atoms with van der Waals surface area (Å²) in [4.78, 5) is 15.5. The number of Topliss-reactive ketones (excluding diaryl/α,β-unsaturated/α-hetero) is 1. The van der Waals surface area contributed by atoms with Crippen molar-refractivity contribution < 1.29 is 9.53 Å². The van der Waals surface area contributed by atoms with Gasteiger partial charge in [-0.1, -0.05) is 12.2 Å². The largest absolute Gasteiger partial charge is 0.494 e. The summed E-state index contributed by atoms with van der Waals surface area (Å²) in [5.41, 5.74) is 1.40. The maximum Gasteiger partial charge on any atom is 0.170 e. The average molecular weight is 191 g/mol. The van der Waals surface area contributed by atoms with Gasteiger partial charge in [-0.05, 0) is 13.0 Å². The maximum atomic E-state index is 11.7. The number of ether oxygens (including phenoxy) is 1. The molecule has 0 saturated heterocycles. The molecule has 0 aromatic carbocycles. The zero-order valence-electron chi connectivity index (χ0n) is 8.41. The highest BCUT2D eigenvalue weighted by Crippen LogP contribution is 2.18. The Balaban J connectivity index is 2.94. The molecule has 0 bridgehead atoms. The van der Waals surface area contributed by atoms with Crippen LogP contribution in [0, 0.1) is 0 Å². The molecule has 0 atom stereocenters. The highest BCUT2D eigenvalue weighted by molar-refractivity contribution is 5.99. The molecule has 74 valence electrons. The zero-order valence-corrected chi connectivity index (χ0v) is 8.41. The Morgan fingerprint density at radius 3 is 2.93 bits per heavy atom. The lowest BCUT2D eigenvalue weighted by Crippen LogP contribution is -2.02. The van der Waals surface area contributed by atoms with E-state index in [-0.39, 0.29) is 5.78 Å². The van der Waals surface area contributed by atoms with Gasteiger partial charge >= 0.3 is 0 Å². The Bertz CT molecular complexity index is 358. The van der Waals surface area contributed by atoms with Gasteiger partial charge in [-0.3, -0.25) is 9.78 Å². The molecular formula is C11H13NO2. The van der Waals surface area contributed by atoms with E-state index in [9.17, 15) is 4.79 Å². The second-order valence-electron chi connectivity index (χ2n) is 3.13. The summed E-state index contributed by atoms with van der Waals surface area (Å²) in [5.74, 6) is 0.524. The second-order valence-corrected chi connectivity index (χ2v) is 3.13. The number of methoxy groups -OCH3 is 1. The lowest BCUT2D eigenvalue weighted by Gasteiger charge is -2.05. The lowest BCUT2D eigenvalue weighted by molar-refractivity contribution is 0.0990. The number of aromatic nitrogens is 1. The minimum Gasteiger partial charge on any atom is -0.494 e. The molecule has 1 aromatic heterocycles. The van der Waals surface area contributed by atoms with Crippen molar-refractivity contribution in [1.82, 2.24) is 4.98 Å². The molecule has 0 aliphatic heterocycles. The van der Waals surface area contributed by atoms with E-state index in [4.69, 9.17) is 4.74 Å². The molecule has 0 aliphatic rings. The summed E-state index contributed by atoms with van der Waals surface area (Å²) in [6.07, 6.45) is 3.46. The fourth-order valence-corrected chi connectivity index (χ4v) is 1.14. The van der Waals surface area contributed by atoms with Crippen LogP contribution in [0.2, 0.25) is 0 Å². The van der Waals surface area contributed by atoms with Gasteiger partial charge < -0.3 is 4.74 Å². The molecule has 0 unspecified atom stereocenters. The van der Waals surface area contributed by atoms with Crippen LogP contribution in [0.25, 0.3) is 0 Å². The third kappa shape index (κ3) is 2.42. The van der Waals surface area contributed by atoms with Crippen LogP contribution in [0.5, 0.6) is 5.75 Å². The van der Waals surface area contributed by atoms with Gasteiger partial charge in [-0.2, -0.15) is 0 Å². The molecular weight excluding hydrogens is 178 g/mol. The predicted octanol–water partition coefficient (Wildman–Crippen LogP) is 2.24. The van der Waals surface area contributed by atoms with Crippen molar-refractivity contribution in [2.75, 3.05) is 7.11 Å². The minimum absolute atomic E-state index is 0.0109. The number of ketones is 1. The molecule has 14 heavy (non-hydrogen) atoms. The van der Waals surface area contributed by atoms with E-state index >= 15 is 0 Å². The first-order chi connectivity index (χ1) is 6.65. The van der Waals surface area contributed by atoms with E-state index in [1.807, 2.05) is 6.92 Å². The van der Waals surface area contributed by atoms with Crippen molar-refractivity contribution >= 4 is 5.78 Å². The first-order valence-corrected chi connectivity index (χ1v) is 4.30. The van der Waals surface area contributed by atoms with E-state index in [0.717, 1.165) is 5.57 Å². The molecule has 0 aliphatic carbocycles. The quantitative estimate of drug-likeness (QED) is 0.541. The van der Waals surface area contributed by atoms with Gasteiger partial charge in [0.15, 0.2) is 5.78 Å². The summed E-state index contributed by atoms with van der Waals surface area (Å²) in [6.45, 7) is 5.52. The molecule has 0 amide bonds. The van der Waals surface area contributed by atoms with Crippen LogP contribution >= 0.6 is 0 Å². The van der Waals surface area contributed by atoms with Crippen LogP contribution < -0.4 is 4.74 Å². The zero-order chi connectivity index (χ0) is 10.6. The Hall–Kier alpha value is -1.64. The molecule has 0 saturated carbocycles. The molecule has 1 rings (SSSR count). The number of carbonyl (C=O) groups is 1. The fraction of sp³-hybridized carbons (Fsp3) is 0.273. The summed E-state index contributed by atoms with van der Waals surface area (Å²) in [5, 5.41) is 0. The minimum atomic E-state index is 0.0109. The van der Waals surface area contributed by atoms with Crippen molar-refractivity contribution in [1.29, 1.82) is 0 Å². The first kappa shape index (κ1) is 10.4. The van der Waals surface area contributed by atoms with Gasteiger partial charge in [0.05, 0.1) is 18.9 Å². The van der Waals surface area contributed by atoms with Gasteiger partial charge in [0.25, 0.3) is 0 Å². The van der Waals surface area contributed by atoms with Crippen LogP contribution in [0.15, 0.2) is 30.6 Å². The monoisotopic (exact) mass is 191 g/mol. The van der Waals surface area contributed by atoms with Crippen molar-refractivity contribution in [3.8, 4) is 5.75 Å². The molecule has 3 heteroatoms. The lowest BCUT2D eigenvalue weighted by atomic mass is 10.1. The molecule has 0 radical (unpaired) electrons. The van der Waals surface area contributed by atoms with Crippen molar-refractivity contribution in [3.63, 3.8) is 0 Å². The van der Waals surface area contributed by atoms with Crippen LogP contribution in [-0.4, -0.2) is 17.9 Å². The summed E-state index contributed by atoms with van der Waals surface area (Å²) >= 11 is 0. The van der Waals surface area contributed by atoms with Crippen molar-refractivity contribution in [2.45, 2.75) is 13.3 Å². The highest BCUT2D eigenvalue weighted by atomic mass is 16.5. The summed E-state index contributed by atoms with van der Waals surface area (Å²) in [7, 11) is 1.52. The van der Waals surface area contributed by atoms with Gasteiger partial charge in [0.2, 0.25) is 0 Å². The number of nitrogens with zero attached hydrogens (tertiary/aromatic N) is 1.